The van der Waals surface area contributed by atoms with Crippen LogP contribution in [0.2, 0.25) is 5.02 Å². The first-order chi connectivity index (χ1) is 10.2. The molecular formula is C16H9ClO4. The number of carbonyl (C=O) groups is 1. The van der Waals surface area contributed by atoms with Crippen molar-refractivity contribution in [2.45, 2.75) is 0 Å². The molecule has 21 heavy (non-hydrogen) atoms. The Morgan fingerprint density at radius 2 is 1.95 bits per heavy atom. The van der Waals surface area contributed by atoms with Gasteiger partial charge in [-0.15, -0.1) is 0 Å². The van der Waals surface area contributed by atoms with E-state index >= 15 is 0 Å². The molecular weight excluding hydrogens is 292 g/mol. The van der Waals surface area contributed by atoms with Gasteiger partial charge in [0.05, 0.1) is 10.6 Å². The molecule has 0 amide bonds. The van der Waals surface area contributed by atoms with Gasteiger partial charge in [0.15, 0.2) is 11.5 Å². The number of halogens is 1. The molecule has 2 aliphatic rings. The van der Waals surface area contributed by atoms with E-state index in [0.717, 1.165) is 11.1 Å². The van der Waals surface area contributed by atoms with Crippen LogP contribution in [0.4, 0.5) is 0 Å². The van der Waals surface area contributed by atoms with Crippen molar-refractivity contribution in [1.29, 1.82) is 0 Å². The fourth-order valence-corrected chi connectivity index (χ4v) is 2.69. The first-order valence-electron chi connectivity index (χ1n) is 6.35. The molecule has 0 atom stereocenters. The predicted octanol–water partition coefficient (Wildman–Crippen LogP) is 3.53. The van der Waals surface area contributed by atoms with E-state index in [9.17, 15) is 4.79 Å². The third-order valence-electron chi connectivity index (χ3n) is 3.36. The molecule has 4 rings (SSSR count). The van der Waals surface area contributed by atoms with Crippen LogP contribution >= 0.6 is 11.6 Å². The Morgan fingerprint density at radius 3 is 2.86 bits per heavy atom. The van der Waals surface area contributed by atoms with E-state index in [1.54, 1.807) is 24.3 Å². The maximum Gasteiger partial charge on any atom is 0.344 e. The summed E-state index contributed by atoms with van der Waals surface area (Å²) in [6, 6.07) is 10.8. The molecule has 0 aromatic heterocycles. The average Bonchev–Trinajstić information content (AvgIpc) is 3.05. The molecule has 0 spiro atoms. The van der Waals surface area contributed by atoms with Crippen molar-refractivity contribution in [3.05, 3.63) is 52.5 Å². The second-order valence-electron chi connectivity index (χ2n) is 4.68. The molecule has 0 aliphatic carbocycles. The minimum Gasteiger partial charge on any atom is -0.454 e. The number of hydrogen-bond donors (Lipinski definition) is 0. The number of fused-ring (bicyclic) bond motifs is 2. The minimum absolute atomic E-state index is 0.153. The predicted molar refractivity (Wildman–Crippen MR) is 77.5 cm³/mol. The lowest BCUT2D eigenvalue weighted by Crippen LogP contribution is -2.00. The molecule has 2 aromatic rings. The molecule has 0 fully saturated rings. The number of ether oxygens (including phenoxy) is 3. The molecule has 2 aliphatic heterocycles. The molecule has 0 unspecified atom stereocenters. The molecule has 2 heterocycles. The molecule has 0 radical (unpaired) electrons. The van der Waals surface area contributed by atoms with Gasteiger partial charge in [-0.2, -0.15) is 0 Å². The van der Waals surface area contributed by atoms with E-state index in [-0.39, 0.29) is 12.8 Å². The van der Waals surface area contributed by atoms with Gasteiger partial charge in [0.25, 0.3) is 0 Å². The average molecular weight is 301 g/mol. The third-order valence-corrected chi connectivity index (χ3v) is 3.64. The van der Waals surface area contributed by atoms with E-state index in [0.29, 0.717) is 27.8 Å². The molecule has 5 heteroatoms. The summed E-state index contributed by atoms with van der Waals surface area (Å²) in [7, 11) is 0. The van der Waals surface area contributed by atoms with Crippen molar-refractivity contribution >= 4 is 29.2 Å². The van der Waals surface area contributed by atoms with Gasteiger partial charge in [-0.3, -0.25) is 0 Å². The second-order valence-corrected chi connectivity index (χ2v) is 5.09. The number of carbonyl (C=O) groups excluding carboxylic acids is 1. The largest absolute Gasteiger partial charge is 0.454 e. The van der Waals surface area contributed by atoms with Gasteiger partial charge in [0.2, 0.25) is 6.79 Å². The Morgan fingerprint density at radius 1 is 1.10 bits per heavy atom. The van der Waals surface area contributed by atoms with E-state index in [2.05, 4.69) is 0 Å². The normalized spacial score (nSPS) is 17.0. The highest BCUT2D eigenvalue weighted by atomic mass is 35.5. The van der Waals surface area contributed by atoms with E-state index in [1.165, 1.54) is 0 Å². The first kappa shape index (κ1) is 12.3. The quantitative estimate of drug-likeness (QED) is 0.459. The van der Waals surface area contributed by atoms with Crippen molar-refractivity contribution < 1.29 is 19.0 Å². The highest BCUT2D eigenvalue weighted by molar-refractivity contribution is 6.32. The zero-order chi connectivity index (χ0) is 14.4. The number of hydrogen-bond acceptors (Lipinski definition) is 4. The lowest BCUT2D eigenvalue weighted by Gasteiger charge is -2.02. The summed E-state index contributed by atoms with van der Waals surface area (Å²) in [6.45, 7) is 0.153. The lowest BCUT2D eigenvalue weighted by atomic mass is 10.0. The van der Waals surface area contributed by atoms with E-state index in [4.69, 9.17) is 25.8 Å². The maximum absolute atomic E-state index is 12.0. The van der Waals surface area contributed by atoms with Crippen LogP contribution in [0.25, 0.3) is 11.6 Å². The molecule has 0 N–H and O–H groups in total. The molecule has 0 bridgehead atoms. The van der Waals surface area contributed by atoms with Crippen LogP contribution in [0.5, 0.6) is 17.2 Å². The van der Waals surface area contributed by atoms with E-state index in [1.807, 2.05) is 18.2 Å². The summed E-state index contributed by atoms with van der Waals surface area (Å²) >= 11 is 6.15. The number of benzene rings is 2. The van der Waals surface area contributed by atoms with Gasteiger partial charge < -0.3 is 14.2 Å². The Balaban J connectivity index is 1.82. The molecule has 2 aromatic carbocycles. The number of esters is 1. The highest BCUT2D eigenvalue weighted by Gasteiger charge is 2.26. The van der Waals surface area contributed by atoms with Crippen molar-refractivity contribution in [3.63, 3.8) is 0 Å². The Kier molecular flexibility index (Phi) is 2.65. The second kappa shape index (κ2) is 4.53. The SMILES string of the molecule is O=C1Oc2ccccc2/C1=C/c1cc(Cl)c2c(c1)OCO2. The van der Waals surface area contributed by atoms with E-state index < -0.39 is 0 Å². The van der Waals surface area contributed by atoms with Gasteiger partial charge in [-0.05, 0) is 29.8 Å². The van der Waals surface area contributed by atoms with Crippen molar-refractivity contribution in [2.24, 2.45) is 0 Å². The molecule has 0 saturated carbocycles. The number of rotatable bonds is 1. The zero-order valence-electron chi connectivity index (χ0n) is 10.8. The van der Waals surface area contributed by atoms with Crippen molar-refractivity contribution in [2.75, 3.05) is 6.79 Å². The summed E-state index contributed by atoms with van der Waals surface area (Å²) in [5.74, 6) is 1.31. The van der Waals surface area contributed by atoms with Crippen LogP contribution in [-0.2, 0) is 4.79 Å². The van der Waals surface area contributed by atoms with Crippen LogP contribution in [0, 0.1) is 0 Å². The van der Waals surface area contributed by atoms with Gasteiger partial charge in [0, 0.05) is 5.56 Å². The summed E-state index contributed by atoms with van der Waals surface area (Å²) < 4.78 is 15.8. The molecule has 0 saturated heterocycles. The monoisotopic (exact) mass is 300 g/mol. The Hall–Kier alpha value is -2.46. The van der Waals surface area contributed by atoms with Crippen LogP contribution in [0.15, 0.2) is 36.4 Å². The summed E-state index contributed by atoms with van der Waals surface area (Å²) in [5.41, 5.74) is 2.03. The van der Waals surface area contributed by atoms with Gasteiger partial charge in [-0.1, -0.05) is 29.8 Å². The summed E-state index contributed by atoms with van der Waals surface area (Å²) in [6.07, 6.45) is 1.74. The van der Waals surface area contributed by atoms with Gasteiger partial charge >= 0.3 is 5.97 Å². The van der Waals surface area contributed by atoms with Crippen LogP contribution in [-0.4, -0.2) is 12.8 Å². The zero-order valence-corrected chi connectivity index (χ0v) is 11.5. The van der Waals surface area contributed by atoms with Crippen LogP contribution in [0.1, 0.15) is 11.1 Å². The molecule has 4 nitrogen and oxygen atoms in total. The number of para-hydroxylation sites is 1. The van der Waals surface area contributed by atoms with Crippen LogP contribution in [0.3, 0.4) is 0 Å². The van der Waals surface area contributed by atoms with Crippen LogP contribution < -0.4 is 14.2 Å². The Labute approximate surface area is 125 Å². The Bertz CT molecular complexity index is 795. The minimum atomic E-state index is -0.370. The highest BCUT2D eigenvalue weighted by Crippen LogP contribution is 2.41. The lowest BCUT2D eigenvalue weighted by molar-refractivity contribution is -0.126. The first-order valence-corrected chi connectivity index (χ1v) is 6.72. The standard InChI is InChI=1S/C16H9ClO4/c17-12-6-9(7-14-15(12)20-8-19-14)5-11-10-3-1-2-4-13(10)21-16(11)18/h1-7H,8H2/b11-5-. The fourth-order valence-electron chi connectivity index (χ4n) is 2.42. The fraction of sp³-hybridized carbons (Fsp3) is 0.0625. The topological polar surface area (TPSA) is 44.8 Å². The smallest absolute Gasteiger partial charge is 0.344 e. The summed E-state index contributed by atoms with van der Waals surface area (Å²) in [5, 5.41) is 0.455. The van der Waals surface area contributed by atoms with Gasteiger partial charge in [-0.25, -0.2) is 4.79 Å². The maximum atomic E-state index is 12.0. The van der Waals surface area contributed by atoms with Gasteiger partial charge in [0.1, 0.15) is 5.75 Å². The molecule has 104 valence electrons. The van der Waals surface area contributed by atoms with Crippen molar-refractivity contribution in [1.82, 2.24) is 0 Å². The summed E-state index contributed by atoms with van der Waals surface area (Å²) in [4.78, 5) is 12.0. The van der Waals surface area contributed by atoms with Crippen molar-refractivity contribution in [3.8, 4) is 17.2 Å². The third kappa shape index (κ3) is 1.96.